The summed E-state index contributed by atoms with van der Waals surface area (Å²) in [6.07, 6.45) is 1.59. The van der Waals surface area contributed by atoms with Crippen LogP contribution in [0.15, 0.2) is 17.0 Å². The minimum absolute atomic E-state index is 0.561. The molecular weight excluding hydrogens is 248 g/mol. The van der Waals surface area contributed by atoms with Gasteiger partial charge in [0.15, 0.2) is 0 Å². The van der Waals surface area contributed by atoms with Gasteiger partial charge in [-0.2, -0.15) is 0 Å². The second-order valence-corrected chi connectivity index (χ2v) is 5.00. The fraction of sp³-hybridized carbons (Fsp3) is 0.333. The molecular formula is C9H9BrN2S. The Morgan fingerprint density at radius 1 is 1.38 bits per heavy atom. The van der Waals surface area contributed by atoms with Crippen LogP contribution in [0.1, 0.15) is 24.6 Å². The van der Waals surface area contributed by atoms with Crippen LogP contribution in [0.3, 0.4) is 0 Å². The van der Waals surface area contributed by atoms with Gasteiger partial charge in [-0.25, -0.2) is 9.97 Å². The third-order valence-corrected chi connectivity index (χ3v) is 3.84. The molecule has 2 rings (SSSR count). The normalized spacial score (nSPS) is 11.4. The highest BCUT2D eigenvalue weighted by Crippen LogP contribution is 2.31. The maximum Gasteiger partial charge on any atom is 0.128 e. The minimum atomic E-state index is 0.561. The Balaban J connectivity index is 2.68. The molecule has 0 amide bonds. The quantitative estimate of drug-likeness (QED) is 0.730. The highest BCUT2D eigenvalue weighted by molar-refractivity contribution is 9.10. The topological polar surface area (TPSA) is 25.8 Å². The summed E-state index contributed by atoms with van der Waals surface area (Å²) >= 11 is 5.15. The fourth-order valence-corrected chi connectivity index (χ4v) is 2.66. The van der Waals surface area contributed by atoms with Crippen molar-refractivity contribution in [1.82, 2.24) is 9.97 Å². The molecule has 2 nitrogen and oxygen atoms in total. The molecule has 0 aliphatic rings. The third kappa shape index (κ3) is 1.60. The van der Waals surface area contributed by atoms with Gasteiger partial charge < -0.3 is 0 Å². The van der Waals surface area contributed by atoms with Gasteiger partial charge in [0, 0.05) is 10.3 Å². The Bertz CT molecular complexity index is 436. The molecule has 0 aromatic carbocycles. The first kappa shape index (κ1) is 9.09. The fourth-order valence-electron chi connectivity index (χ4n) is 1.13. The van der Waals surface area contributed by atoms with Gasteiger partial charge in [-0.3, -0.25) is 0 Å². The second-order valence-electron chi connectivity index (χ2n) is 3.19. The molecule has 0 saturated heterocycles. The number of nitrogens with zero attached hydrogens (tertiary/aromatic N) is 2. The number of hydrogen-bond acceptors (Lipinski definition) is 3. The van der Waals surface area contributed by atoms with Gasteiger partial charge in [-0.15, -0.1) is 11.3 Å². The van der Waals surface area contributed by atoms with Gasteiger partial charge in [0.1, 0.15) is 15.8 Å². The first-order valence-corrected chi connectivity index (χ1v) is 5.69. The van der Waals surface area contributed by atoms with Crippen molar-refractivity contribution in [2.45, 2.75) is 19.8 Å². The van der Waals surface area contributed by atoms with Gasteiger partial charge in [0.05, 0.1) is 0 Å². The molecule has 0 radical (unpaired) electrons. The lowest BCUT2D eigenvalue weighted by Gasteiger charge is -1.95. The van der Waals surface area contributed by atoms with E-state index >= 15 is 0 Å². The zero-order valence-electron chi connectivity index (χ0n) is 7.41. The molecule has 13 heavy (non-hydrogen) atoms. The summed E-state index contributed by atoms with van der Waals surface area (Å²) in [6, 6.07) is 2.16. The van der Waals surface area contributed by atoms with E-state index in [0.29, 0.717) is 5.92 Å². The Hall–Kier alpha value is -0.480. The lowest BCUT2D eigenvalue weighted by atomic mass is 10.2. The van der Waals surface area contributed by atoms with Gasteiger partial charge in [0.25, 0.3) is 0 Å². The van der Waals surface area contributed by atoms with E-state index in [-0.39, 0.29) is 0 Å². The van der Waals surface area contributed by atoms with E-state index in [1.807, 2.05) is 0 Å². The first-order chi connectivity index (χ1) is 6.18. The van der Waals surface area contributed by atoms with Crippen LogP contribution in [0.2, 0.25) is 0 Å². The van der Waals surface area contributed by atoms with E-state index in [4.69, 9.17) is 0 Å². The third-order valence-electron chi connectivity index (χ3n) is 1.87. The molecule has 0 bridgehead atoms. The van der Waals surface area contributed by atoms with Gasteiger partial charge in [0.2, 0.25) is 0 Å². The molecule has 2 aromatic rings. The number of aromatic nitrogens is 2. The minimum Gasteiger partial charge on any atom is -0.229 e. The van der Waals surface area contributed by atoms with Crippen molar-refractivity contribution in [3.63, 3.8) is 0 Å². The molecule has 2 heterocycles. The number of halogens is 1. The van der Waals surface area contributed by atoms with Crippen LogP contribution in [0.5, 0.6) is 0 Å². The van der Waals surface area contributed by atoms with E-state index in [2.05, 4.69) is 45.8 Å². The summed E-state index contributed by atoms with van der Waals surface area (Å²) in [5, 5.41) is 1.12. The summed E-state index contributed by atoms with van der Waals surface area (Å²) in [6.45, 7) is 4.37. The molecule has 0 atom stereocenters. The lowest BCUT2D eigenvalue weighted by molar-refractivity contribution is 0.890. The van der Waals surface area contributed by atoms with Crippen LogP contribution < -0.4 is 0 Å². The van der Waals surface area contributed by atoms with E-state index in [0.717, 1.165) is 14.8 Å². The molecule has 0 saturated carbocycles. The van der Waals surface area contributed by atoms with Crippen molar-refractivity contribution in [3.05, 3.63) is 21.9 Å². The highest BCUT2D eigenvalue weighted by atomic mass is 79.9. The maximum atomic E-state index is 4.22. The number of rotatable bonds is 1. The number of thiophene rings is 1. The standard InChI is InChI=1S/C9H9BrN2S/c1-5(2)7-3-6-8(10)11-4-12-9(6)13-7/h3-5H,1-2H3. The molecule has 0 aliphatic carbocycles. The summed E-state index contributed by atoms with van der Waals surface area (Å²) in [5.41, 5.74) is 0. The predicted octanol–water partition coefficient (Wildman–Crippen LogP) is 3.58. The molecule has 0 fully saturated rings. The molecule has 2 aromatic heterocycles. The average molecular weight is 257 g/mol. The Morgan fingerprint density at radius 2 is 2.15 bits per heavy atom. The van der Waals surface area contributed by atoms with Gasteiger partial charge in [-0.1, -0.05) is 13.8 Å². The largest absolute Gasteiger partial charge is 0.229 e. The Kier molecular flexibility index (Phi) is 2.34. The van der Waals surface area contributed by atoms with E-state index in [9.17, 15) is 0 Å². The molecule has 68 valence electrons. The summed E-state index contributed by atoms with van der Waals surface area (Å²) in [4.78, 5) is 10.7. The zero-order chi connectivity index (χ0) is 9.42. The van der Waals surface area contributed by atoms with Crippen molar-refractivity contribution in [1.29, 1.82) is 0 Å². The van der Waals surface area contributed by atoms with Crippen molar-refractivity contribution in [2.75, 3.05) is 0 Å². The van der Waals surface area contributed by atoms with Crippen LogP contribution in [-0.2, 0) is 0 Å². The van der Waals surface area contributed by atoms with Crippen molar-refractivity contribution >= 4 is 37.5 Å². The monoisotopic (exact) mass is 256 g/mol. The SMILES string of the molecule is CC(C)c1cc2c(Br)ncnc2s1. The van der Waals surface area contributed by atoms with E-state index in [1.165, 1.54) is 4.88 Å². The molecule has 4 heteroatoms. The molecule has 0 aliphatic heterocycles. The summed E-state index contributed by atoms with van der Waals surface area (Å²) in [7, 11) is 0. The predicted molar refractivity (Wildman–Crippen MR) is 59.2 cm³/mol. The smallest absolute Gasteiger partial charge is 0.128 e. The summed E-state index contributed by atoms with van der Waals surface area (Å²) in [5.74, 6) is 0.561. The summed E-state index contributed by atoms with van der Waals surface area (Å²) < 4.78 is 0.889. The molecule has 0 unspecified atom stereocenters. The first-order valence-electron chi connectivity index (χ1n) is 4.08. The zero-order valence-corrected chi connectivity index (χ0v) is 9.82. The second kappa shape index (κ2) is 3.35. The molecule has 0 spiro atoms. The number of fused-ring (bicyclic) bond motifs is 1. The highest BCUT2D eigenvalue weighted by Gasteiger charge is 2.08. The van der Waals surface area contributed by atoms with Crippen LogP contribution in [-0.4, -0.2) is 9.97 Å². The average Bonchev–Trinajstić information content (AvgIpc) is 2.49. The van der Waals surface area contributed by atoms with Crippen molar-refractivity contribution < 1.29 is 0 Å². The van der Waals surface area contributed by atoms with Gasteiger partial charge >= 0.3 is 0 Å². The number of hydrogen-bond donors (Lipinski definition) is 0. The van der Waals surface area contributed by atoms with Gasteiger partial charge in [-0.05, 0) is 27.9 Å². The maximum absolute atomic E-state index is 4.22. The van der Waals surface area contributed by atoms with Crippen molar-refractivity contribution in [3.8, 4) is 0 Å². The van der Waals surface area contributed by atoms with Crippen molar-refractivity contribution in [2.24, 2.45) is 0 Å². The van der Waals surface area contributed by atoms with Crippen LogP contribution in [0, 0.1) is 0 Å². The van der Waals surface area contributed by atoms with Crippen LogP contribution >= 0.6 is 27.3 Å². The Labute approximate surface area is 89.2 Å². The van der Waals surface area contributed by atoms with Crippen LogP contribution in [0.25, 0.3) is 10.2 Å². The molecule has 0 N–H and O–H groups in total. The Morgan fingerprint density at radius 3 is 2.77 bits per heavy atom. The van der Waals surface area contributed by atoms with Crippen LogP contribution in [0.4, 0.5) is 0 Å². The van der Waals surface area contributed by atoms with E-state index < -0.39 is 0 Å². The van der Waals surface area contributed by atoms with E-state index in [1.54, 1.807) is 17.7 Å². The lowest BCUT2D eigenvalue weighted by Crippen LogP contribution is -1.78.